The van der Waals surface area contributed by atoms with Gasteiger partial charge in [-0.05, 0) is 41.5 Å². The molecule has 0 amide bonds. The number of methoxy groups -OCH3 is 1. The zero-order valence-corrected chi connectivity index (χ0v) is 17.1. The average Bonchev–Trinajstić information content (AvgIpc) is 2.73. The van der Waals surface area contributed by atoms with Crippen molar-refractivity contribution in [3.8, 4) is 17.2 Å². The molecule has 0 aromatic heterocycles. The molecule has 148 valence electrons. The minimum atomic E-state index is -0.582. The first-order valence-corrected chi connectivity index (χ1v) is 9.50. The number of hydrogen-bond donors (Lipinski definition) is 0. The second kappa shape index (κ2) is 10.0. The average molecular weight is 429 g/mol. The van der Waals surface area contributed by atoms with Crippen molar-refractivity contribution in [1.29, 1.82) is 0 Å². The van der Waals surface area contributed by atoms with Gasteiger partial charge in [0, 0.05) is 5.02 Å². The molecule has 0 spiro atoms. The molecule has 0 atom stereocenters. The largest absolute Gasteiger partial charge is 0.493 e. The summed E-state index contributed by atoms with van der Waals surface area (Å²) in [6.45, 7) is -0.305. The molecule has 0 unspecified atom stereocenters. The lowest BCUT2D eigenvalue weighted by Crippen LogP contribution is -2.18. The Morgan fingerprint density at radius 1 is 0.862 bits per heavy atom. The Bertz CT molecular complexity index is 1020. The second-order valence-electron chi connectivity index (χ2n) is 5.99. The maximum Gasteiger partial charge on any atom is 0.349 e. The summed E-state index contributed by atoms with van der Waals surface area (Å²) < 4.78 is 16.1. The maximum atomic E-state index is 12.1. The summed E-state index contributed by atoms with van der Waals surface area (Å²) in [4.78, 5) is 12.1. The minimum Gasteiger partial charge on any atom is -0.493 e. The molecule has 0 N–H and O–H groups in total. The number of ether oxygens (including phenoxy) is 3. The van der Waals surface area contributed by atoms with Crippen molar-refractivity contribution in [3.63, 3.8) is 0 Å². The van der Waals surface area contributed by atoms with Gasteiger partial charge in [0.25, 0.3) is 0 Å². The topological polar surface area (TPSA) is 44.8 Å². The van der Waals surface area contributed by atoms with Crippen molar-refractivity contribution >= 4 is 41.3 Å². The number of carbonyl (C=O) groups excluding carboxylic acids is 1. The Balaban J connectivity index is 1.64. The van der Waals surface area contributed by atoms with Crippen LogP contribution in [0.5, 0.6) is 17.2 Å². The molecule has 0 saturated carbocycles. The van der Waals surface area contributed by atoms with E-state index in [1.807, 2.05) is 48.6 Å². The van der Waals surface area contributed by atoms with Crippen molar-refractivity contribution in [2.24, 2.45) is 0 Å². The molecule has 3 rings (SSSR count). The third-order valence-electron chi connectivity index (χ3n) is 3.92. The highest BCUT2D eigenvalue weighted by molar-refractivity contribution is 6.35. The van der Waals surface area contributed by atoms with E-state index < -0.39 is 5.97 Å². The number of benzene rings is 3. The van der Waals surface area contributed by atoms with Crippen LogP contribution in [0.25, 0.3) is 12.2 Å². The molecular weight excluding hydrogens is 411 g/mol. The van der Waals surface area contributed by atoms with Crippen LogP contribution < -0.4 is 14.2 Å². The maximum absolute atomic E-state index is 12.1. The summed E-state index contributed by atoms with van der Waals surface area (Å²) in [5.41, 5.74) is 2.00. The monoisotopic (exact) mass is 428 g/mol. The van der Waals surface area contributed by atoms with E-state index in [0.717, 1.165) is 11.1 Å². The van der Waals surface area contributed by atoms with E-state index in [4.69, 9.17) is 37.4 Å². The Labute approximate surface area is 179 Å². The number of esters is 1. The van der Waals surface area contributed by atoms with Crippen molar-refractivity contribution in [2.75, 3.05) is 13.7 Å². The SMILES string of the molecule is COc1cc(/C=C/c2ccccc2)ccc1OC(=O)COc1ccc(Cl)cc1Cl. The fraction of sp³-hybridized carbons (Fsp3) is 0.0870. The molecule has 0 aliphatic rings. The lowest BCUT2D eigenvalue weighted by molar-refractivity contribution is -0.136. The van der Waals surface area contributed by atoms with Crippen molar-refractivity contribution in [2.45, 2.75) is 0 Å². The number of rotatable bonds is 7. The fourth-order valence-electron chi connectivity index (χ4n) is 2.51. The van der Waals surface area contributed by atoms with Gasteiger partial charge in [0.05, 0.1) is 12.1 Å². The normalized spacial score (nSPS) is 10.7. The molecule has 0 bridgehead atoms. The Morgan fingerprint density at radius 3 is 2.31 bits per heavy atom. The van der Waals surface area contributed by atoms with E-state index >= 15 is 0 Å². The lowest BCUT2D eigenvalue weighted by atomic mass is 10.1. The van der Waals surface area contributed by atoms with Crippen LogP contribution in [-0.2, 0) is 4.79 Å². The third-order valence-corrected chi connectivity index (χ3v) is 4.45. The molecule has 29 heavy (non-hydrogen) atoms. The number of carbonyl (C=O) groups is 1. The summed E-state index contributed by atoms with van der Waals surface area (Å²) in [6.07, 6.45) is 3.94. The molecule has 0 heterocycles. The van der Waals surface area contributed by atoms with Crippen LogP contribution in [0.1, 0.15) is 11.1 Å². The van der Waals surface area contributed by atoms with Crippen LogP contribution in [0.3, 0.4) is 0 Å². The van der Waals surface area contributed by atoms with Crippen molar-refractivity contribution in [1.82, 2.24) is 0 Å². The van der Waals surface area contributed by atoms with Gasteiger partial charge in [-0.15, -0.1) is 0 Å². The Hall–Kier alpha value is -2.95. The Morgan fingerprint density at radius 2 is 1.59 bits per heavy atom. The zero-order valence-electron chi connectivity index (χ0n) is 15.6. The number of halogens is 2. The van der Waals surface area contributed by atoms with Crippen molar-refractivity contribution in [3.05, 3.63) is 87.9 Å². The molecule has 0 saturated heterocycles. The quantitative estimate of drug-likeness (QED) is 0.257. The van der Waals surface area contributed by atoms with Gasteiger partial charge in [-0.3, -0.25) is 0 Å². The van der Waals surface area contributed by atoms with E-state index in [1.54, 1.807) is 24.3 Å². The Kier molecular flexibility index (Phi) is 7.17. The van der Waals surface area contributed by atoms with E-state index in [9.17, 15) is 4.79 Å². The van der Waals surface area contributed by atoms with Gasteiger partial charge < -0.3 is 14.2 Å². The first-order chi connectivity index (χ1) is 14.0. The van der Waals surface area contributed by atoms with Crippen LogP contribution in [0.4, 0.5) is 0 Å². The van der Waals surface area contributed by atoms with Crippen molar-refractivity contribution < 1.29 is 19.0 Å². The molecule has 3 aromatic rings. The molecule has 0 radical (unpaired) electrons. The van der Waals surface area contributed by atoms with Gasteiger partial charge in [-0.25, -0.2) is 4.79 Å². The lowest BCUT2D eigenvalue weighted by Gasteiger charge is -2.11. The summed E-state index contributed by atoms with van der Waals surface area (Å²) in [7, 11) is 1.52. The third kappa shape index (κ3) is 6.01. The highest BCUT2D eigenvalue weighted by Gasteiger charge is 2.12. The van der Waals surface area contributed by atoms with Gasteiger partial charge in [-0.2, -0.15) is 0 Å². The van der Waals surface area contributed by atoms with Crippen LogP contribution in [0, 0.1) is 0 Å². The molecular formula is C23H18Cl2O4. The highest BCUT2D eigenvalue weighted by Crippen LogP contribution is 2.30. The van der Waals surface area contributed by atoms with E-state index in [1.165, 1.54) is 13.2 Å². The summed E-state index contributed by atoms with van der Waals surface area (Å²) in [6, 6.07) is 20.0. The summed E-state index contributed by atoms with van der Waals surface area (Å²) in [5, 5.41) is 0.800. The van der Waals surface area contributed by atoms with Gasteiger partial charge >= 0.3 is 5.97 Å². The van der Waals surface area contributed by atoms with E-state index in [0.29, 0.717) is 27.3 Å². The first-order valence-electron chi connectivity index (χ1n) is 8.75. The van der Waals surface area contributed by atoms with E-state index in [-0.39, 0.29) is 6.61 Å². The van der Waals surface area contributed by atoms with Gasteiger partial charge in [0.2, 0.25) is 0 Å². The van der Waals surface area contributed by atoms with Crippen LogP contribution >= 0.6 is 23.2 Å². The molecule has 3 aromatic carbocycles. The van der Waals surface area contributed by atoms with Gasteiger partial charge in [0.1, 0.15) is 5.75 Å². The predicted octanol–water partition coefficient (Wildman–Crippen LogP) is 6.16. The molecule has 6 heteroatoms. The first kappa shape index (κ1) is 20.8. The minimum absolute atomic E-state index is 0.305. The molecule has 0 fully saturated rings. The van der Waals surface area contributed by atoms with Gasteiger partial charge in [-0.1, -0.05) is 71.8 Å². The predicted molar refractivity (Wildman–Crippen MR) is 116 cm³/mol. The number of hydrogen-bond acceptors (Lipinski definition) is 4. The molecule has 4 nitrogen and oxygen atoms in total. The summed E-state index contributed by atoms with van der Waals surface area (Å²) >= 11 is 11.9. The van der Waals surface area contributed by atoms with E-state index in [2.05, 4.69) is 0 Å². The molecule has 0 aliphatic carbocycles. The highest BCUT2D eigenvalue weighted by atomic mass is 35.5. The van der Waals surface area contributed by atoms with Crippen LogP contribution in [-0.4, -0.2) is 19.7 Å². The van der Waals surface area contributed by atoms with Gasteiger partial charge in [0.15, 0.2) is 18.1 Å². The molecule has 0 aliphatic heterocycles. The fourth-order valence-corrected chi connectivity index (χ4v) is 2.97. The zero-order chi connectivity index (χ0) is 20.6. The second-order valence-corrected chi connectivity index (χ2v) is 6.84. The summed E-state index contributed by atoms with van der Waals surface area (Å²) in [5.74, 6) is 0.515. The van der Waals surface area contributed by atoms with Crippen LogP contribution in [0.2, 0.25) is 10.0 Å². The van der Waals surface area contributed by atoms with Crippen LogP contribution in [0.15, 0.2) is 66.7 Å². The standard InChI is InChI=1S/C23H18Cl2O4/c1-27-22-13-17(8-7-16-5-3-2-4-6-16)9-11-21(22)29-23(26)15-28-20-12-10-18(24)14-19(20)25/h2-14H,15H2,1H3/b8-7+. The smallest absolute Gasteiger partial charge is 0.349 e.